The molecule has 0 N–H and O–H groups in total. The summed E-state index contributed by atoms with van der Waals surface area (Å²) in [7, 11) is 0.658. The van der Waals surface area contributed by atoms with E-state index >= 15 is 0 Å². The third-order valence-corrected chi connectivity index (χ3v) is 2.36. The van der Waals surface area contributed by atoms with Gasteiger partial charge in [0, 0.05) is 0 Å². The first-order valence-corrected chi connectivity index (χ1v) is 6.00. The fraction of sp³-hybridized carbons (Fsp3) is 0.455. The fourth-order valence-electron chi connectivity index (χ4n) is 1.21. The SMILES string of the molecule is CCCOC(C)Oc1ccccc1O[SiH3]. The molecule has 0 saturated heterocycles. The predicted molar refractivity (Wildman–Crippen MR) is 63.3 cm³/mol. The van der Waals surface area contributed by atoms with Gasteiger partial charge >= 0.3 is 0 Å². The molecule has 0 aliphatic carbocycles. The van der Waals surface area contributed by atoms with Crippen molar-refractivity contribution in [2.45, 2.75) is 26.6 Å². The molecule has 1 aromatic carbocycles. The normalized spacial score (nSPS) is 12.4. The quantitative estimate of drug-likeness (QED) is 0.543. The van der Waals surface area contributed by atoms with Gasteiger partial charge in [0.25, 0.3) is 0 Å². The molecule has 0 aliphatic rings. The third-order valence-electron chi connectivity index (χ3n) is 1.92. The average molecular weight is 226 g/mol. The summed E-state index contributed by atoms with van der Waals surface area (Å²) in [4.78, 5) is 0. The van der Waals surface area contributed by atoms with E-state index in [1.807, 2.05) is 31.2 Å². The molecule has 0 fully saturated rings. The maximum atomic E-state index is 5.61. The average Bonchev–Trinajstić information content (AvgIpc) is 2.27. The van der Waals surface area contributed by atoms with Crippen molar-refractivity contribution in [2.75, 3.05) is 6.61 Å². The van der Waals surface area contributed by atoms with Crippen molar-refractivity contribution < 1.29 is 13.9 Å². The molecule has 1 unspecified atom stereocenters. The highest BCUT2D eigenvalue weighted by atomic mass is 28.2. The van der Waals surface area contributed by atoms with Crippen LogP contribution in [0.3, 0.4) is 0 Å². The number of para-hydroxylation sites is 2. The summed E-state index contributed by atoms with van der Waals surface area (Å²) in [5, 5.41) is 0. The van der Waals surface area contributed by atoms with Crippen LogP contribution >= 0.6 is 0 Å². The summed E-state index contributed by atoms with van der Waals surface area (Å²) in [6.45, 7) is 4.67. The van der Waals surface area contributed by atoms with Crippen molar-refractivity contribution in [1.29, 1.82) is 0 Å². The van der Waals surface area contributed by atoms with Crippen LogP contribution in [0.15, 0.2) is 24.3 Å². The molecule has 4 heteroatoms. The van der Waals surface area contributed by atoms with E-state index in [0.717, 1.165) is 17.9 Å². The van der Waals surface area contributed by atoms with E-state index in [4.69, 9.17) is 13.9 Å². The number of benzene rings is 1. The second-order valence-corrected chi connectivity index (χ2v) is 3.62. The van der Waals surface area contributed by atoms with Crippen LogP contribution in [-0.4, -0.2) is 23.4 Å². The highest BCUT2D eigenvalue weighted by Crippen LogP contribution is 2.26. The van der Waals surface area contributed by atoms with E-state index in [2.05, 4.69) is 6.92 Å². The van der Waals surface area contributed by atoms with Crippen LogP contribution in [0.5, 0.6) is 11.5 Å². The lowest BCUT2D eigenvalue weighted by Crippen LogP contribution is -2.17. The number of hydrogen-bond donors (Lipinski definition) is 0. The topological polar surface area (TPSA) is 27.7 Å². The molecule has 0 aliphatic heterocycles. The van der Waals surface area contributed by atoms with Crippen LogP contribution in [0, 0.1) is 0 Å². The molecule has 1 atom stereocenters. The minimum Gasteiger partial charge on any atom is -0.551 e. The Balaban J connectivity index is 2.55. The predicted octanol–water partition coefficient (Wildman–Crippen LogP) is 1.50. The van der Waals surface area contributed by atoms with Gasteiger partial charge in [-0.25, -0.2) is 0 Å². The fourth-order valence-corrected chi connectivity index (χ4v) is 1.55. The lowest BCUT2D eigenvalue weighted by Gasteiger charge is -2.17. The first kappa shape index (κ1) is 12.1. The van der Waals surface area contributed by atoms with Gasteiger partial charge < -0.3 is 13.9 Å². The smallest absolute Gasteiger partial charge is 0.204 e. The zero-order valence-electron chi connectivity index (χ0n) is 9.53. The molecule has 0 spiro atoms. The largest absolute Gasteiger partial charge is 0.551 e. The van der Waals surface area contributed by atoms with E-state index in [0.29, 0.717) is 17.1 Å². The summed E-state index contributed by atoms with van der Waals surface area (Å²) in [5.74, 6) is 1.53. The van der Waals surface area contributed by atoms with Crippen molar-refractivity contribution >= 4 is 10.5 Å². The second kappa shape index (κ2) is 6.47. The van der Waals surface area contributed by atoms with Gasteiger partial charge in [0.15, 0.2) is 12.0 Å². The monoisotopic (exact) mass is 226 g/mol. The molecule has 84 valence electrons. The van der Waals surface area contributed by atoms with Crippen LogP contribution in [0.2, 0.25) is 0 Å². The minimum atomic E-state index is -0.233. The van der Waals surface area contributed by atoms with E-state index in [9.17, 15) is 0 Å². The number of rotatable bonds is 6. The maximum Gasteiger partial charge on any atom is 0.204 e. The van der Waals surface area contributed by atoms with Crippen LogP contribution in [0.1, 0.15) is 20.3 Å². The van der Waals surface area contributed by atoms with Gasteiger partial charge in [-0.05, 0) is 25.5 Å². The maximum absolute atomic E-state index is 5.61. The zero-order valence-corrected chi connectivity index (χ0v) is 11.5. The third kappa shape index (κ3) is 3.93. The number of hydrogen-bond acceptors (Lipinski definition) is 3. The minimum absolute atomic E-state index is 0.233. The Kier molecular flexibility index (Phi) is 5.21. The molecule has 1 rings (SSSR count). The summed E-state index contributed by atoms with van der Waals surface area (Å²) in [5.41, 5.74) is 0. The Morgan fingerprint density at radius 3 is 2.53 bits per heavy atom. The lowest BCUT2D eigenvalue weighted by molar-refractivity contribution is -0.0669. The van der Waals surface area contributed by atoms with Crippen molar-refractivity contribution in [3.8, 4) is 11.5 Å². The molecule has 1 aromatic rings. The van der Waals surface area contributed by atoms with Crippen molar-refractivity contribution in [2.24, 2.45) is 0 Å². The van der Waals surface area contributed by atoms with Gasteiger partial charge in [0.1, 0.15) is 5.75 Å². The van der Waals surface area contributed by atoms with Crippen LogP contribution in [0.4, 0.5) is 0 Å². The van der Waals surface area contributed by atoms with E-state index in [-0.39, 0.29) is 6.29 Å². The molecule has 0 aromatic heterocycles. The molecule has 0 heterocycles. The Morgan fingerprint density at radius 1 is 1.27 bits per heavy atom. The molecule has 0 bridgehead atoms. The van der Waals surface area contributed by atoms with Gasteiger partial charge in [0.05, 0.1) is 6.61 Å². The van der Waals surface area contributed by atoms with Crippen molar-refractivity contribution in [3.63, 3.8) is 0 Å². The van der Waals surface area contributed by atoms with Gasteiger partial charge in [-0.1, -0.05) is 19.1 Å². The standard InChI is InChI=1S/C11H18O3Si/c1-3-8-12-9(2)13-10-6-4-5-7-11(10)14-15/h4-7,9H,3,8H2,1-2,15H3. The molecule has 0 saturated carbocycles. The molecule has 3 nitrogen and oxygen atoms in total. The van der Waals surface area contributed by atoms with Crippen LogP contribution < -0.4 is 9.16 Å². The van der Waals surface area contributed by atoms with Crippen LogP contribution in [0.25, 0.3) is 0 Å². The summed E-state index contributed by atoms with van der Waals surface area (Å²) >= 11 is 0. The van der Waals surface area contributed by atoms with Gasteiger partial charge in [0.2, 0.25) is 10.5 Å². The summed E-state index contributed by atoms with van der Waals surface area (Å²) in [6.07, 6.45) is 0.759. The first-order valence-electron chi connectivity index (χ1n) is 5.19. The zero-order chi connectivity index (χ0) is 11.1. The van der Waals surface area contributed by atoms with Crippen molar-refractivity contribution in [3.05, 3.63) is 24.3 Å². The van der Waals surface area contributed by atoms with Gasteiger partial charge in [-0.2, -0.15) is 0 Å². The van der Waals surface area contributed by atoms with Crippen LogP contribution in [-0.2, 0) is 4.74 Å². The molecule has 0 radical (unpaired) electrons. The number of ether oxygens (including phenoxy) is 2. The molecule has 0 amide bonds. The first-order chi connectivity index (χ1) is 7.27. The van der Waals surface area contributed by atoms with E-state index in [1.165, 1.54) is 0 Å². The van der Waals surface area contributed by atoms with Gasteiger partial charge in [-0.3, -0.25) is 0 Å². The highest BCUT2D eigenvalue weighted by Gasteiger charge is 2.07. The Labute approximate surface area is 93.9 Å². The summed E-state index contributed by atoms with van der Waals surface area (Å²) in [6, 6.07) is 7.64. The summed E-state index contributed by atoms with van der Waals surface area (Å²) < 4.78 is 16.4. The highest BCUT2D eigenvalue weighted by molar-refractivity contribution is 6.00. The molecular formula is C11H18O3Si. The van der Waals surface area contributed by atoms with E-state index in [1.54, 1.807) is 0 Å². The Morgan fingerprint density at radius 2 is 1.93 bits per heavy atom. The Bertz CT molecular complexity index is 291. The second-order valence-electron chi connectivity index (χ2n) is 3.21. The van der Waals surface area contributed by atoms with Crippen molar-refractivity contribution in [1.82, 2.24) is 0 Å². The van der Waals surface area contributed by atoms with E-state index < -0.39 is 0 Å². The lowest BCUT2D eigenvalue weighted by atomic mass is 10.3. The molecular weight excluding hydrogens is 208 g/mol. The molecule has 15 heavy (non-hydrogen) atoms. The Hall–Kier alpha value is -1.00. The van der Waals surface area contributed by atoms with Gasteiger partial charge in [-0.15, -0.1) is 0 Å².